The third kappa shape index (κ3) is 4.74. The Morgan fingerprint density at radius 2 is 1.80 bits per heavy atom. The van der Waals surface area contributed by atoms with Gasteiger partial charge in [0.2, 0.25) is 5.91 Å². The van der Waals surface area contributed by atoms with Crippen LogP contribution in [0.25, 0.3) is 0 Å². The van der Waals surface area contributed by atoms with Gasteiger partial charge in [-0.3, -0.25) is 4.79 Å². The van der Waals surface area contributed by atoms with Gasteiger partial charge in [-0.25, -0.2) is 0 Å². The standard InChI is InChI=1S/C15H26N4O/c1-12(20)19(9-8-17(2)3)11-13-10-14(16)6-7-15(13)18(4)5/h6-7,10H,8-9,11,16H2,1-5H3. The minimum absolute atomic E-state index is 0.0824. The van der Waals surface area contributed by atoms with Crippen molar-refractivity contribution in [3.8, 4) is 0 Å². The molecule has 0 bridgehead atoms. The maximum Gasteiger partial charge on any atom is 0.219 e. The molecule has 1 aromatic carbocycles. The second-order valence-electron chi connectivity index (χ2n) is 5.53. The molecule has 0 aliphatic carbocycles. The van der Waals surface area contributed by atoms with Gasteiger partial charge in [-0.1, -0.05) is 0 Å². The van der Waals surface area contributed by atoms with Gasteiger partial charge in [0.1, 0.15) is 0 Å². The van der Waals surface area contributed by atoms with E-state index in [1.54, 1.807) is 6.92 Å². The smallest absolute Gasteiger partial charge is 0.219 e. The average Bonchev–Trinajstić information content (AvgIpc) is 2.33. The summed E-state index contributed by atoms with van der Waals surface area (Å²) in [4.78, 5) is 17.8. The van der Waals surface area contributed by atoms with E-state index in [9.17, 15) is 4.79 Å². The van der Waals surface area contributed by atoms with Gasteiger partial charge < -0.3 is 20.4 Å². The Bertz CT molecular complexity index is 457. The lowest BCUT2D eigenvalue weighted by Crippen LogP contribution is -2.35. The zero-order valence-electron chi connectivity index (χ0n) is 13.2. The number of rotatable bonds is 6. The number of carbonyl (C=O) groups is 1. The Morgan fingerprint density at radius 3 is 2.30 bits per heavy atom. The first-order chi connectivity index (χ1) is 9.31. The number of benzene rings is 1. The number of hydrogen-bond acceptors (Lipinski definition) is 4. The summed E-state index contributed by atoms with van der Waals surface area (Å²) < 4.78 is 0. The molecule has 0 aliphatic heterocycles. The van der Waals surface area contributed by atoms with Crippen LogP contribution in [0.2, 0.25) is 0 Å². The summed E-state index contributed by atoms with van der Waals surface area (Å²) in [5.74, 6) is 0.0824. The Morgan fingerprint density at radius 1 is 1.15 bits per heavy atom. The van der Waals surface area contributed by atoms with Gasteiger partial charge in [-0.05, 0) is 37.9 Å². The van der Waals surface area contributed by atoms with E-state index in [-0.39, 0.29) is 5.91 Å². The first-order valence-electron chi connectivity index (χ1n) is 6.77. The monoisotopic (exact) mass is 278 g/mol. The van der Waals surface area contributed by atoms with Gasteiger partial charge in [0, 0.05) is 52.0 Å². The highest BCUT2D eigenvalue weighted by Gasteiger charge is 2.13. The Kier molecular flexibility index (Phi) is 5.82. The van der Waals surface area contributed by atoms with Crippen LogP contribution in [0.15, 0.2) is 18.2 Å². The highest BCUT2D eigenvalue weighted by atomic mass is 16.2. The molecular weight excluding hydrogens is 252 g/mol. The van der Waals surface area contributed by atoms with Crippen LogP contribution in [0, 0.1) is 0 Å². The van der Waals surface area contributed by atoms with Gasteiger partial charge in [0.15, 0.2) is 0 Å². The zero-order valence-corrected chi connectivity index (χ0v) is 13.2. The molecule has 0 saturated carbocycles. The van der Waals surface area contributed by atoms with Crippen molar-refractivity contribution < 1.29 is 4.79 Å². The quantitative estimate of drug-likeness (QED) is 0.796. The molecule has 0 atom stereocenters. The summed E-state index contributed by atoms with van der Waals surface area (Å²) in [5.41, 5.74) is 8.76. The molecular formula is C15H26N4O. The van der Waals surface area contributed by atoms with Crippen LogP contribution in [0.4, 0.5) is 11.4 Å². The SMILES string of the molecule is CC(=O)N(CCN(C)C)Cc1cc(N)ccc1N(C)C. The Hall–Kier alpha value is -1.75. The predicted octanol–water partition coefficient (Wildman–Crippen LogP) is 1.24. The third-order valence-corrected chi connectivity index (χ3v) is 3.21. The third-order valence-electron chi connectivity index (χ3n) is 3.21. The predicted molar refractivity (Wildman–Crippen MR) is 84.8 cm³/mol. The van der Waals surface area contributed by atoms with E-state index in [1.165, 1.54) is 0 Å². The number of nitrogens with zero attached hydrogens (tertiary/aromatic N) is 3. The number of hydrogen-bond donors (Lipinski definition) is 1. The van der Waals surface area contributed by atoms with E-state index in [0.29, 0.717) is 13.1 Å². The minimum atomic E-state index is 0.0824. The Balaban J connectivity index is 2.92. The molecule has 0 unspecified atom stereocenters. The van der Waals surface area contributed by atoms with Crippen molar-refractivity contribution in [1.29, 1.82) is 0 Å². The Labute approximate surface area is 121 Å². The maximum atomic E-state index is 11.8. The van der Waals surface area contributed by atoms with Crippen LogP contribution in [-0.4, -0.2) is 57.0 Å². The average molecular weight is 278 g/mol. The summed E-state index contributed by atoms with van der Waals surface area (Å²) in [5, 5.41) is 0. The van der Waals surface area contributed by atoms with E-state index in [4.69, 9.17) is 5.73 Å². The van der Waals surface area contributed by atoms with Crippen molar-refractivity contribution in [2.24, 2.45) is 0 Å². The first-order valence-corrected chi connectivity index (χ1v) is 6.77. The summed E-state index contributed by atoms with van der Waals surface area (Å²) in [6.07, 6.45) is 0. The number of anilines is 2. The fraction of sp³-hybridized carbons (Fsp3) is 0.533. The molecule has 5 heteroatoms. The highest BCUT2D eigenvalue weighted by Crippen LogP contribution is 2.23. The van der Waals surface area contributed by atoms with Crippen molar-refractivity contribution in [3.05, 3.63) is 23.8 Å². The summed E-state index contributed by atoms with van der Waals surface area (Å²) in [6.45, 7) is 3.75. The largest absolute Gasteiger partial charge is 0.399 e. The molecule has 0 heterocycles. The number of nitrogen functional groups attached to an aromatic ring is 1. The van der Waals surface area contributed by atoms with E-state index < -0.39 is 0 Å². The van der Waals surface area contributed by atoms with Crippen molar-refractivity contribution in [3.63, 3.8) is 0 Å². The van der Waals surface area contributed by atoms with Crippen LogP contribution in [0.1, 0.15) is 12.5 Å². The van der Waals surface area contributed by atoms with Crippen molar-refractivity contribution in [1.82, 2.24) is 9.80 Å². The van der Waals surface area contributed by atoms with Crippen LogP contribution < -0.4 is 10.6 Å². The molecule has 0 aliphatic rings. The van der Waals surface area contributed by atoms with Gasteiger partial charge >= 0.3 is 0 Å². The molecule has 20 heavy (non-hydrogen) atoms. The van der Waals surface area contributed by atoms with Gasteiger partial charge in [-0.15, -0.1) is 0 Å². The molecule has 1 rings (SSSR count). The van der Waals surface area contributed by atoms with Crippen LogP contribution in [0.3, 0.4) is 0 Å². The second kappa shape index (κ2) is 7.14. The molecule has 0 radical (unpaired) electrons. The van der Waals surface area contributed by atoms with Gasteiger partial charge in [0.25, 0.3) is 0 Å². The molecule has 112 valence electrons. The van der Waals surface area contributed by atoms with Crippen molar-refractivity contribution in [2.75, 3.05) is 51.9 Å². The second-order valence-corrected chi connectivity index (χ2v) is 5.53. The highest BCUT2D eigenvalue weighted by molar-refractivity contribution is 5.73. The topological polar surface area (TPSA) is 52.8 Å². The van der Waals surface area contributed by atoms with Crippen LogP contribution in [-0.2, 0) is 11.3 Å². The van der Waals surface area contributed by atoms with E-state index in [0.717, 1.165) is 23.5 Å². The van der Waals surface area contributed by atoms with Crippen molar-refractivity contribution >= 4 is 17.3 Å². The summed E-state index contributed by atoms with van der Waals surface area (Å²) >= 11 is 0. The molecule has 1 aromatic rings. The number of likely N-dealkylation sites (N-methyl/N-ethyl adjacent to an activating group) is 1. The van der Waals surface area contributed by atoms with Crippen LogP contribution in [0.5, 0.6) is 0 Å². The van der Waals surface area contributed by atoms with Crippen LogP contribution >= 0.6 is 0 Å². The number of amides is 1. The molecule has 0 fully saturated rings. The van der Waals surface area contributed by atoms with E-state index in [2.05, 4.69) is 4.90 Å². The fourth-order valence-corrected chi connectivity index (χ4v) is 2.04. The van der Waals surface area contributed by atoms with Gasteiger partial charge in [-0.2, -0.15) is 0 Å². The maximum absolute atomic E-state index is 11.8. The molecule has 5 nitrogen and oxygen atoms in total. The molecule has 0 spiro atoms. The molecule has 0 aromatic heterocycles. The minimum Gasteiger partial charge on any atom is -0.399 e. The zero-order chi connectivity index (χ0) is 15.3. The lowest BCUT2D eigenvalue weighted by Gasteiger charge is -2.26. The molecule has 0 saturated heterocycles. The normalized spacial score (nSPS) is 10.7. The number of carbonyl (C=O) groups excluding carboxylic acids is 1. The molecule has 1 amide bonds. The summed E-state index contributed by atoms with van der Waals surface area (Å²) in [6, 6.07) is 5.83. The van der Waals surface area contributed by atoms with E-state index >= 15 is 0 Å². The van der Waals surface area contributed by atoms with Crippen molar-refractivity contribution in [2.45, 2.75) is 13.5 Å². The lowest BCUT2D eigenvalue weighted by molar-refractivity contribution is -0.129. The summed E-state index contributed by atoms with van der Waals surface area (Å²) in [7, 11) is 7.99. The lowest BCUT2D eigenvalue weighted by atomic mass is 10.1. The first kappa shape index (κ1) is 16.3. The van der Waals surface area contributed by atoms with Gasteiger partial charge in [0.05, 0.1) is 0 Å². The van der Waals surface area contributed by atoms with E-state index in [1.807, 2.05) is 56.2 Å². The molecule has 2 N–H and O–H groups in total. The number of nitrogens with two attached hydrogens (primary N) is 1. The fourth-order valence-electron chi connectivity index (χ4n) is 2.04.